The Balaban J connectivity index is 2.86. The molecular formula is C15H24BrNO2. The number of aliphatic hydroxyl groups excluding tert-OH is 1. The minimum Gasteiger partial charge on any atom is -0.490 e. The van der Waals surface area contributed by atoms with Crippen molar-refractivity contribution in [3.8, 4) is 5.75 Å². The highest BCUT2D eigenvalue weighted by Crippen LogP contribution is 2.28. The first-order valence-electron chi connectivity index (χ1n) is 6.77. The van der Waals surface area contributed by atoms with Gasteiger partial charge >= 0.3 is 0 Å². The summed E-state index contributed by atoms with van der Waals surface area (Å²) in [7, 11) is 0. The minimum atomic E-state index is -0.408. The summed E-state index contributed by atoms with van der Waals surface area (Å²) in [6, 6.07) is 4.52. The molecule has 0 fully saturated rings. The number of aliphatic hydroxyl groups is 1. The van der Waals surface area contributed by atoms with Crippen LogP contribution in [-0.2, 0) is 6.54 Å². The second kappa shape index (κ2) is 7.88. The van der Waals surface area contributed by atoms with Gasteiger partial charge in [-0.15, -0.1) is 0 Å². The molecule has 0 bridgehead atoms. The summed E-state index contributed by atoms with van der Waals surface area (Å²) in [5.74, 6) is 0.879. The first kappa shape index (κ1) is 16.5. The molecule has 1 atom stereocenters. The largest absolute Gasteiger partial charge is 0.490 e. The summed E-state index contributed by atoms with van der Waals surface area (Å²) in [5.41, 5.74) is 2.20. The molecular weight excluding hydrogens is 306 g/mol. The maximum Gasteiger partial charge on any atom is 0.126 e. The molecule has 3 nitrogen and oxygen atoms in total. The first-order valence-corrected chi connectivity index (χ1v) is 7.56. The van der Waals surface area contributed by atoms with Gasteiger partial charge in [-0.05, 0) is 31.0 Å². The molecule has 1 aromatic carbocycles. The molecule has 0 heterocycles. The topological polar surface area (TPSA) is 41.5 Å². The van der Waals surface area contributed by atoms with Gasteiger partial charge in [-0.25, -0.2) is 0 Å². The monoisotopic (exact) mass is 329 g/mol. The van der Waals surface area contributed by atoms with E-state index in [1.54, 1.807) is 0 Å². The van der Waals surface area contributed by atoms with Gasteiger partial charge in [0.15, 0.2) is 0 Å². The Kier molecular flexibility index (Phi) is 6.83. The fourth-order valence-corrected chi connectivity index (χ4v) is 2.37. The summed E-state index contributed by atoms with van der Waals surface area (Å²) in [6.07, 6.45) is 0.295. The van der Waals surface area contributed by atoms with Crippen molar-refractivity contribution in [3.63, 3.8) is 0 Å². The number of halogens is 1. The van der Waals surface area contributed by atoms with Crippen LogP contribution in [0, 0.1) is 6.92 Å². The van der Waals surface area contributed by atoms with Crippen LogP contribution < -0.4 is 10.1 Å². The Morgan fingerprint density at radius 3 is 2.63 bits per heavy atom. The molecule has 0 aliphatic heterocycles. The van der Waals surface area contributed by atoms with Crippen molar-refractivity contribution >= 4 is 15.9 Å². The van der Waals surface area contributed by atoms with Gasteiger partial charge in [-0.2, -0.15) is 0 Å². The minimum absolute atomic E-state index is 0.341. The van der Waals surface area contributed by atoms with E-state index in [-0.39, 0.29) is 0 Å². The van der Waals surface area contributed by atoms with Gasteiger partial charge in [0.25, 0.3) is 0 Å². The van der Waals surface area contributed by atoms with E-state index in [1.165, 1.54) is 0 Å². The molecule has 1 aromatic rings. The van der Waals surface area contributed by atoms with E-state index in [2.05, 4.69) is 41.2 Å². The Morgan fingerprint density at radius 1 is 1.37 bits per heavy atom. The van der Waals surface area contributed by atoms with Crippen molar-refractivity contribution < 1.29 is 9.84 Å². The van der Waals surface area contributed by atoms with Crippen LogP contribution in [0.5, 0.6) is 5.75 Å². The molecule has 0 amide bonds. The van der Waals surface area contributed by atoms with Crippen LogP contribution in [-0.4, -0.2) is 23.9 Å². The highest BCUT2D eigenvalue weighted by atomic mass is 79.9. The third kappa shape index (κ3) is 5.51. The summed E-state index contributed by atoms with van der Waals surface area (Å²) in [6.45, 7) is 9.31. The molecule has 0 aliphatic rings. The molecule has 0 saturated heterocycles. The van der Waals surface area contributed by atoms with E-state index in [4.69, 9.17) is 4.74 Å². The molecule has 2 N–H and O–H groups in total. The van der Waals surface area contributed by atoms with Gasteiger partial charge in [0, 0.05) is 22.6 Å². The highest BCUT2D eigenvalue weighted by Gasteiger charge is 2.11. The highest BCUT2D eigenvalue weighted by molar-refractivity contribution is 9.10. The van der Waals surface area contributed by atoms with Crippen LogP contribution in [0.15, 0.2) is 16.6 Å². The van der Waals surface area contributed by atoms with Gasteiger partial charge < -0.3 is 15.2 Å². The third-order valence-corrected chi connectivity index (χ3v) is 3.37. The van der Waals surface area contributed by atoms with Crippen LogP contribution in [0.2, 0.25) is 0 Å². The number of aryl methyl sites for hydroxylation is 1. The number of rotatable bonds is 7. The molecule has 4 heteroatoms. The Labute approximate surface area is 124 Å². The standard InChI is InChI=1S/C15H24BrNO2/c1-5-14(18)9-19-15-11(4)6-13(16)7-12(15)8-17-10(2)3/h6-7,10,14,17-18H,5,8-9H2,1-4H3. The lowest BCUT2D eigenvalue weighted by atomic mass is 10.1. The third-order valence-electron chi connectivity index (χ3n) is 2.91. The number of nitrogens with one attached hydrogen (secondary N) is 1. The molecule has 108 valence electrons. The predicted octanol–water partition coefficient (Wildman–Crippen LogP) is 3.41. The van der Waals surface area contributed by atoms with Crippen molar-refractivity contribution in [1.82, 2.24) is 5.32 Å². The van der Waals surface area contributed by atoms with E-state index >= 15 is 0 Å². The maximum absolute atomic E-state index is 9.62. The van der Waals surface area contributed by atoms with Crippen molar-refractivity contribution in [2.45, 2.75) is 52.8 Å². The Morgan fingerprint density at radius 2 is 2.05 bits per heavy atom. The van der Waals surface area contributed by atoms with Crippen molar-refractivity contribution in [2.24, 2.45) is 0 Å². The summed E-state index contributed by atoms with van der Waals surface area (Å²) < 4.78 is 6.85. The van der Waals surface area contributed by atoms with Crippen molar-refractivity contribution in [2.75, 3.05) is 6.61 Å². The molecule has 0 spiro atoms. The molecule has 1 rings (SSSR count). The molecule has 0 aliphatic carbocycles. The van der Waals surface area contributed by atoms with Gasteiger partial charge in [0.2, 0.25) is 0 Å². The summed E-state index contributed by atoms with van der Waals surface area (Å²) in [5, 5.41) is 13.0. The first-order chi connectivity index (χ1) is 8.93. The zero-order valence-electron chi connectivity index (χ0n) is 12.2. The molecule has 0 saturated carbocycles. The van der Waals surface area contributed by atoms with Crippen molar-refractivity contribution in [3.05, 3.63) is 27.7 Å². The smallest absolute Gasteiger partial charge is 0.126 e. The quantitative estimate of drug-likeness (QED) is 0.805. The van der Waals surface area contributed by atoms with Gasteiger partial charge in [0.1, 0.15) is 12.4 Å². The zero-order chi connectivity index (χ0) is 14.4. The van der Waals surface area contributed by atoms with E-state index < -0.39 is 6.10 Å². The summed E-state index contributed by atoms with van der Waals surface area (Å²) >= 11 is 3.52. The maximum atomic E-state index is 9.62. The van der Waals surface area contributed by atoms with Crippen LogP contribution in [0.25, 0.3) is 0 Å². The molecule has 0 radical (unpaired) electrons. The van der Waals surface area contributed by atoms with Crippen LogP contribution in [0.1, 0.15) is 38.3 Å². The fraction of sp³-hybridized carbons (Fsp3) is 0.600. The van der Waals surface area contributed by atoms with Gasteiger partial charge in [-0.3, -0.25) is 0 Å². The molecule has 1 unspecified atom stereocenters. The summed E-state index contributed by atoms with van der Waals surface area (Å²) in [4.78, 5) is 0. The van der Waals surface area contributed by atoms with Crippen molar-refractivity contribution in [1.29, 1.82) is 0 Å². The second-order valence-electron chi connectivity index (χ2n) is 5.12. The lowest BCUT2D eigenvalue weighted by molar-refractivity contribution is 0.103. The number of hydrogen-bond donors (Lipinski definition) is 2. The van der Waals surface area contributed by atoms with E-state index in [9.17, 15) is 5.11 Å². The molecule has 0 aromatic heterocycles. The average Bonchev–Trinajstić information content (AvgIpc) is 2.34. The Hall–Kier alpha value is -0.580. The number of benzene rings is 1. The number of hydrogen-bond acceptors (Lipinski definition) is 3. The van der Waals surface area contributed by atoms with E-state index in [1.807, 2.05) is 19.9 Å². The molecule has 19 heavy (non-hydrogen) atoms. The SMILES string of the molecule is CCC(O)COc1c(C)cc(Br)cc1CNC(C)C. The van der Waals surface area contributed by atoms with E-state index in [0.29, 0.717) is 19.1 Å². The number of ether oxygens (including phenoxy) is 1. The van der Waals surface area contributed by atoms with Crippen LogP contribution >= 0.6 is 15.9 Å². The van der Waals surface area contributed by atoms with Gasteiger partial charge in [-0.1, -0.05) is 36.7 Å². The van der Waals surface area contributed by atoms with Gasteiger partial charge in [0.05, 0.1) is 6.10 Å². The van der Waals surface area contributed by atoms with Crippen LogP contribution in [0.3, 0.4) is 0 Å². The lowest BCUT2D eigenvalue weighted by Gasteiger charge is -2.18. The second-order valence-corrected chi connectivity index (χ2v) is 6.04. The zero-order valence-corrected chi connectivity index (χ0v) is 13.8. The average molecular weight is 330 g/mol. The Bertz CT molecular complexity index is 407. The normalized spacial score (nSPS) is 12.8. The fourth-order valence-electron chi connectivity index (χ4n) is 1.75. The van der Waals surface area contributed by atoms with Crippen LogP contribution in [0.4, 0.5) is 0 Å². The lowest BCUT2D eigenvalue weighted by Crippen LogP contribution is -2.23. The van der Waals surface area contributed by atoms with E-state index in [0.717, 1.165) is 27.9 Å². The predicted molar refractivity (Wildman–Crippen MR) is 82.6 cm³/mol.